The Morgan fingerprint density at radius 2 is 2.00 bits per heavy atom. The van der Waals surface area contributed by atoms with Gasteiger partial charge in [-0.25, -0.2) is 8.78 Å². The van der Waals surface area contributed by atoms with E-state index in [0.717, 1.165) is 11.6 Å². The van der Waals surface area contributed by atoms with E-state index in [1.165, 1.54) is 12.1 Å². The number of halogens is 2. The van der Waals surface area contributed by atoms with Gasteiger partial charge in [-0.1, -0.05) is 0 Å². The lowest BCUT2D eigenvalue weighted by Gasteiger charge is -2.38. The van der Waals surface area contributed by atoms with Gasteiger partial charge in [-0.2, -0.15) is 0 Å². The molecule has 2 aromatic carbocycles. The topological polar surface area (TPSA) is 42.5 Å². The average Bonchev–Trinajstić information content (AvgIpc) is 2.55. The molecule has 138 valence electrons. The zero-order valence-corrected chi connectivity index (χ0v) is 15.5. The van der Waals surface area contributed by atoms with Crippen LogP contribution in [0.4, 0.5) is 14.5 Å². The number of ether oxygens (including phenoxy) is 2. The first-order valence-corrected chi connectivity index (χ1v) is 8.58. The molecule has 0 bridgehead atoms. The third-order valence-electron chi connectivity index (χ3n) is 4.16. The quantitative estimate of drug-likeness (QED) is 0.767. The summed E-state index contributed by atoms with van der Waals surface area (Å²) in [5, 5.41) is 6.23. The van der Waals surface area contributed by atoms with E-state index in [2.05, 4.69) is 10.6 Å². The van der Waals surface area contributed by atoms with Crippen molar-refractivity contribution >= 4 is 23.0 Å². The maximum Gasteiger partial charge on any atom is 0.171 e. The van der Waals surface area contributed by atoms with Crippen molar-refractivity contribution in [2.75, 3.05) is 12.4 Å². The van der Waals surface area contributed by atoms with Crippen molar-refractivity contribution in [3.05, 3.63) is 53.6 Å². The van der Waals surface area contributed by atoms with Gasteiger partial charge in [-0.05, 0) is 50.3 Å². The Hall–Kier alpha value is -2.41. The molecule has 1 atom stereocenters. The van der Waals surface area contributed by atoms with Crippen LogP contribution >= 0.6 is 12.2 Å². The molecule has 0 saturated heterocycles. The van der Waals surface area contributed by atoms with Gasteiger partial charge in [0, 0.05) is 24.1 Å². The number of rotatable bonds is 3. The highest BCUT2D eigenvalue weighted by atomic mass is 32.1. The minimum atomic E-state index is -0.702. The molecular formula is C19H20F2N2O2S. The Morgan fingerprint density at radius 3 is 2.69 bits per heavy atom. The summed E-state index contributed by atoms with van der Waals surface area (Å²) in [5.41, 5.74) is 0.646. The Labute approximate surface area is 156 Å². The van der Waals surface area contributed by atoms with Gasteiger partial charge in [0.2, 0.25) is 0 Å². The molecule has 0 saturated carbocycles. The lowest BCUT2D eigenvalue weighted by Crippen LogP contribution is -2.42. The molecule has 2 aromatic rings. The summed E-state index contributed by atoms with van der Waals surface area (Å²) in [6.07, 6.45) is 0.667. The third kappa shape index (κ3) is 4.04. The predicted molar refractivity (Wildman–Crippen MR) is 101 cm³/mol. The SMILES string of the molecule is COc1ccc2c(c1)OC(C)(C)CC2NC(=S)Nc1ccc(F)cc1F. The summed E-state index contributed by atoms with van der Waals surface area (Å²) in [4.78, 5) is 0. The minimum absolute atomic E-state index is 0.116. The van der Waals surface area contributed by atoms with Crippen LogP contribution in [0.2, 0.25) is 0 Å². The molecule has 7 heteroatoms. The zero-order chi connectivity index (χ0) is 18.9. The average molecular weight is 378 g/mol. The highest BCUT2D eigenvalue weighted by molar-refractivity contribution is 7.80. The highest BCUT2D eigenvalue weighted by Crippen LogP contribution is 2.41. The number of benzene rings is 2. The molecule has 0 radical (unpaired) electrons. The second-order valence-electron chi connectivity index (χ2n) is 6.74. The monoisotopic (exact) mass is 378 g/mol. The summed E-state index contributed by atoms with van der Waals surface area (Å²) in [6, 6.07) is 8.78. The summed E-state index contributed by atoms with van der Waals surface area (Å²) < 4.78 is 38.1. The third-order valence-corrected chi connectivity index (χ3v) is 4.38. The first kappa shape index (κ1) is 18.4. The summed E-state index contributed by atoms with van der Waals surface area (Å²) >= 11 is 5.31. The predicted octanol–water partition coefficient (Wildman–Crippen LogP) is 4.56. The first-order chi connectivity index (χ1) is 12.3. The van der Waals surface area contributed by atoms with Crippen molar-refractivity contribution in [3.63, 3.8) is 0 Å². The summed E-state index contributed by atoms with van der Waals surface area (Å²) in [5.74, 6) is 0.0794. The highest BCUT2D eigenvalue weighted by Gasteiger charge is 2.34. The molecule has 0 spiro atoms. The number of methoxy groups -OCH3 is 1. The maximum atomic E-state index is 13.8. The fourth-order valence-corrected chi connectivity index (χ4v) is 3.25. The van der Waals surface area contributed by atoms with Crippen LogP contribution < -0.4 is 20.1 Å². The zero-order valence-electron chi connectivity index (χ0n) is 14.7. The molecule has 1 aliphatic rings. The smallest absolute Gasteiger partial charge is 0.171 e. The van der Waals surface area contributed by atoms with E-state index in [4.69, 9.17) is 21.7 Å². The lowest BCUT2D eigenvalue weighted by molar-refractivity contribution is 0.0693. The van der Waals surface area contributed by atoms with Crippen LogP contribution in [0.1, 0.15) is 31.9 Å². The molecule has 2 N–H and O–H groups in total. The van der Waals surface area contributed by atoms with Crippen molar-refractivity contribution in [1.82, 2.24) is 5.32 Å². The van der Waals surface area contributed by atoms with Crippen LogP contribution in [0, 0.1) is 11.6 Å². The largest absolute Gasteiger partial charge is 0.497 e. The minimum Gasteiger partial charge on any atom is -0.497 e. The van der Waals surface area contributed by atoms with Crippen LogP contribution in [0.3, 0.4) is 0 Å². The number of anilines is 1. The van der Waals surface area contributed by atoms with E-state index in [1.54, 1.807) is 7.11 Å². The molecule has 0 fully saturated rings. The van der Waals surface area contributed by atoms with Crippen molar-refractivity contribution < 1.29 is 18.3 Å². The summed E-state index contributed by atoms with van der Waals surface area (Å²) in [6.45, 7) is 3.97. The molecule has 1 heterocycles. The molecular weight excluding hydrogens is 358 g/mol. The Bertz CT molecular complexity index is 842. The lowest BCUT2D eigenvalue weighted by atomic mass is 9.89. The van der Waals surface area contributed by atoms with E-state index in [9.17, 15) is 8.78 Å². The van der Waals surface area contributed by atoms with Crippen LogP contribution in [0.15, 0.2) is 36.4 Å². The fourth-order valence-electron chi connectivity index (χ4n) is 3.00. The van der Waals surface area contributed by atoms with E-state index in [1.807, 2.05) is 32.0 Å². The molecule has 26 heavy (non-hydrogen) atoms. The van der Waals surface area contributed by atoms with Gasteiger partial charge >= 0.3 is 0 Å². The maximum absolute atomic E-state index is 13.8. The van der Waals surface area contributed by atoms with Crippen LogP contribution in [-0.4, -0.2) is 17.8 Å². The van der Waals surface area contributed by atoms with Crippen LogP contribution in [-0.2, 0) is 0 Å². The molecule has 4 nitrogen and oxygen atoms in total. The second kappa shape index (κ2) is 7.07. The molecule has 1 unspecified atom stereocenters. The fraction of sp³-hybridized carbons (Fsp3) is 0.316. The van der Waals surface area contributed by atoms with Crippen molar-refractivity contribution in [3.8, 4) is 11.5 Å². The molecule has 3 rings (SSSR count). The van der Waals surface area contributed by atoms with Gasteiger partial charge in [0.15, 0.2) is 5.11 Å². The number of thiocarbonyl (C=S) groups is 1. The number of fused-ring (bicyclic) bond motifs is 1. The Kier molecular flexibility index (Phi) is 5.00. The van der Waals surface area contributed by atoms with Gasteiger partial charge < -0.3 is 20.1 Å². The van der Waals surface area contributed by atoms with Gasteiger partial charge in [-0.3, -0.25) is 0 Å². The normalized spacial score (nSPS) is 17.7. The van der Waals surface area contributed by atoms with Crippen molar-refractivity contribution in [2.24, 2.45) is 0 Å². The second-order valence-corrected chi connectivity index (χ2v) is 7.15. The standard InChI is InChI=1S/C19H20F2N2O2S/c1-19(2)10-16(13-6-5-12(24-3)9-17(13)25-19)23-18(26)22-15-7-4-11(20)8-14(15)21/h4-9,16H,10H2,1-3H3,(H2,22,23,26). The van der Waals surface area contributed by atoms with E-state index >= 15 is 0 Å². The van der Waals surface area contributed by atoms with Crippen LogP contribution in [0.5, 0.6) is 11.5 Å². The van der Waals surface area contributed by atoms with Gasteiger partial charge in [-0.15, -0.1) is 0 Å². The van der Waals surface area contributed by atoms with Crippen molar-refractivity contribution in [2.45, 2.75) is 31.9 Å². The Morgan fingerprint density at radius 1 is 1.23 bits per heavy atom. The van der Waals surface area contributed by atoms with E-state index in [-0.39, 0.29) is 16.8 Å². The number of hydrogen-bond donors (Lipinski definition) is 2. The number of hydrogen-bond acceptors (Lipinski definition) is 3. The van der Waals surface area contributed by atoms with Crippen molar-refractivity contribution in [1.29, 1.82) is 0 Å². The number of nitrogens with one attached hydrogen (secondary N) is 2. The van der Waals surface area contributed by atoms with E-state index in [0.29, 0.717) is 17.9 Å². The van der Waals surface area contributed by atoms with Gasteiger partial charge in [0.25, 0.3) is 0 Å². The summed E-state index contributed by atoms with van der Waals surface area (Å²) in [7, 11) is 1.60. The van der Waals surface area contributed by atoms with Crippen LogP contribution in [0.25, 0.3) is 0 Å². The van der Waals surface area contributed by atoms with E-state index < -0.39 is 17.2 Å². The molecule has 0 amide bonds. The van der Waals surface area contributed by atoms with Gasteiger partial charge in [0.05, 0.1) is 18.8 Å². The van der Waals surface area contributed by atoms with Gasteiger partial charge in [0.1, 0.15) is 28.7 Å². The molecule has 1 aliphatic heterocycles. The molecule has 0 aliphatic carbocycles. The molecule has 0 aromatic heterocycles. The Balaban J connectivity index is 1.79. The first-order valence-electron chi connectivity index (χ1n) is 8.17.